The Morgan fingerprint density at radius 2 is 2.17 bits per heavy atom. The van der Waals surface area contributed by atoms with Crippen LogP contribution in [0.3, 0.4) is 0 Å². The van der Waals surface area contributed by atoms with Crippen molar-refractivity contribution in [2.45, 2.75) is 32.3 Å². The second-order valence-electron chi connectivity index (χ2n) is 5.42. The molecule has 0 saturated carbocycles. The van der Waals surface area contributed by atoms with Crippen LogP contribution in [0.5, 0.6) is 0 Å². The largest absolute Gasteiger partial charge is 0.466 e. The van der Waals surface area contributed by atoms with Crippen LogP contribution >= 0.6 is 11.6 Å². The molecule has 126 valence electrons. The van der Waals surface area contributed by atoms with Gasteiger partial charge in [-0.1, -0.05) is 23.7 Å². The summed E-state index contributed by atoms with van der Waals surface area (Å²) >= 11 is 6.12. The van der Waals surface area contributed by atoms with E-state index in [0.29, 0.717) is 30.3 Å². The number of hydrogen-bond acceptors (Lipinski definition) is 4. The van der Waals surface area contributed by atoms with Crippen LogP contribution in [0.15, 0.2) is 24.3 Å². The van der Waals surface area contributed by atoms with Crippen molar-refractivity contribution in [1.82, 2.24) is 4.90 Å². The molecule has 0 radical (unpaired) electrons. The van der Waals surface area contributed by atoms with E-state index in [1.165, 1.54) is 0 Å². The molecule has 1 amide bonds. The highest BCUT2D eigenvalue weighted by Gasteiger charge is 2.25. The van der Waals surface area contributed by atoms with Crippen LogP contribution in [0.1, 0.15) is 36.5 Å². The van der Waals surface area contributed by atoms with E-state index in [-0.39, 0.29) is 24.4 Å². The summed E-state index contributed by atoms with van der Waals surface area (Å²) in [6.45, 7) is 3.57. The van der Waals surface area contributed by atoms with Gasteiger partial charge in [0.05, 0.1) is 29.7 Å². The molecule has 23 heavy (non-hydrogen) atoms. The summed E-state index contributed by atoms with van der Waals surface area (Å²) in [5.41, 5.74) is 0.441. The number of ether oxygens (including phenoxy) is 2. The van der Waals surface area contributed by atoms with Crippen molar-refractivity contribution in [1.29, 1.82) is 0 Å². The molecule has 1 saturated heterocycles. The van der Waals surface area contributed by atoms with Crippen molar-refractivity contribution in [3.63, 3.8) is 0 Å². The molecule has 5 nitrogen and oxygen atoms in total. The number of carbonyl (C=O) groups is 2. The van der Waals surface area contributed by atoms with E-state index >= 15 is 0 Å². The molecule has 0 spiro atoms. The molecule has 1 heterocycles. The molecule has 2 rings (SSSR count). The van der Waals surface area contributed by atoms with E-state index in [0.717, 1.165) is 19.4 Å². The summed E-state index contributed by atoms with van der Waals surface area (Å²) in [6.07, 6.45) is 2.10. The van der Waals surface area contributed by atoms with E-state index in [4.69, 9.17) is 21.1 Å². The van der Waals surface area contributed by atoms with Crippen molar-refractivity contribution in [2.75, 3.05) is 26.3 Å². The molecule has 0 aliphatic carbocycles. The molecule has 0 N–H and O–H groups in total. The number of rotatable bonds is 7. The zero-order valence-corrected chi connectivity index (χ0v) is 14.1. The minimum absolute atomic E-state index is 0.0173. The number of amides is 1. The lowest BCUT2D eigenvalue weighted by molar-refractivity contribution is -0.143. The number of nitrogens with zero attached hydrogens (tertiary/aromatic N) is 1. The highest BCUT2D eigenvalue weighted by Crippen LogP contribution is 2.20. The third kappa shape index (κ3) is 5.22. The first kappa shape index (κ1) is 17.8. The lowest BCUT2D eigenvalue weighted by Crippen LogP contribution is -2.39. The quantitative estimate of drug-likeness (QED) is 0.717. The molecule has 1 aromatic rings. The Bertz CT molecular complexity index is 543. The number of esters is 1. The molecular weight excluding hydrogens is 318 g/mol. The predicted molar refractivity (Wildman–Crippen MR) is 87.6 cm³/mol. The van der Waals surface area contributed by atoms with E-state index in [2.05, 4.69) is 0 Å². The summed E-state index contributed by atoms with van der Waals surface area (Å²) in [5, 5.41) is 0.408. The topological polar surface area (TPSA) is 55.8 Å². The van der Waals surface area contributed by atoms with Gasteiger partial charge in [0, 0.05) is 19.7 Å². The number of benzene rings is 1. The normalized spacial score (nSPS) is 17.0. The summed E-state index contributed by atoms with van der Waals surface area (Å²) in [4.78, 5) is 26.0. The molecular formula is C17H22ClNO4. The maximum absolute atomic E-state index is 12.8. The fourth-order valence-corrected chi connectivity index (χ4v) is 2.79. The average molecular weight is 340 g/mol. The Kier molecular flexibility index (Phi) is 6.86. The first-order valence-electron chi connectivity index (χ1n) is 7.92. The standard InChI is InChI=1S/C17H22ClNO4/c1-2-22-16(20)9-10-19(12-13-6-5-11-23-13)17(21)14-7-3-4-8-15(14)18/h3-4,7-8,13H,2,5-6,9-12H2,1H3. The summed E-state index contributed by atoms with van der Waals surface area (Å²) in [5.74, 6) is -0.493. The molecule has 0 aromatic heterocycles. The minimum Gasteiger partial charge on any atom is -0.466 e. The van der Waals surface area contributed by atoms with Crippen molar-refractivity contribution < 1.29 is 19.1 Å². The first-order chi connectivity index (χ1) is 11.1. The highest BCUT2D eigenvalue weighted by atomic mass is 35.5. The molecule has 1 atom stereocenters. The summed E-state index contributed by atoms with van der Waals surface area (Å²) in [6, 6.07) is 6.93. The number of hydrogen-bond donors (Lipinski definition) is 0. The van der Waals surface area contributed by atoms with Gasteiger partial charge < -0.3 is 14.4 Å². The van der Waals surface area contributed by atoms with Gasteiger partial charge in [0.2, 0.25) is 0 Å². The summed E-state index contributed by atoms with van der Waals surface area (Å²) in [7, 11) is 0. The molecule has 1 fully saturated rings. The lowest BCUT2D eigenvalue weighted by Gasteiger charge is -2.25. The molecule has 1 aliphatic heterocycles. The molecule has 1 unspecified atom stereocenters. The van der Waals surface area contributed by atoms with Gasteiger partial charge >= 0.3 is 5.97 Å². The van der Waals surface area contributed by atoms with Crippen LogP contribution in [0.25, 0.3) is 0 Å². The highest BCUT2D eigenvalue weighted by molar-refractivity contribution is 6.33. The van der Waals surface area contributed by atoms with Crippen molar-refractivity contribution in [3.8, 4) is 0 Å². The first-order valence-corrected chi connectivity index (χ1v) is 8.30. The van der Waals surface area contributed by atoms with E-state index in [1.807, 2.05) is 0 Å². The van der Waals surface area contributed by atoms with Gasteiger partial charge in [-0.05, 0) is 31.9 Å². The van der Waals surface area contributed by atoms with Gasteiger partial charge in [0.15, 0.2) is 0 Å². The molecule has 1 aromatic carbocycles. The van der Waals surface area contributed by atoms with Gasteiger partial charge in [-0.15, -0.1) is 0 Å². The number of carbonyl (C=O) groups excluding carboxylic acids is 2. The van der Waals surface area contributed by atoms with Crippen LogP contribution in [-0.4, -0.2) is 49.2 Å². The molecule has 6 heteroatoms. The fraction of sp³-hybridized carbons (Fsp3) is 0.529. The minimum atomic E-state index is -0.309. The Balaban J connectivity index is 2.06. The van der Waals surface area contributed by atoms with Crippen LogP contribution in [-0.2, 0) is 14.3 Å². The van der Waals surface area contributed by atoms with Crippen LogP contribution in [0, 0.1) is 0 Å². The van der Waals surface area contributed by atoms with E-state index in [1.54, 1.807) is 36.1 Å². The fourth-order valence-electron chi connectivity index (χ4n) is 2.57. The van der Waals surface area contributed by atoms with Crippen LogP contribution < -0.4 is 0 Å². The second-order valence-corrected chi connectivity index (χ2v) is 5.83. The van der Waals surface area contributed by atoms with Crippen molar-refractivity contribution in [3.05, 3.63) is 34.9 Å². The van der Waals surface area contributed by atoms with Gasteiger partial charge in [-0.2, -0.15) is 0 Å². The maximum Gasteiger partial charge on any atom is 0.307 e. The van der Waals surface area contributed by atoms with Gasteiger partial charge in [0.1, 0.15) is 0 Å². The Labute approximate surface area is 141 Å². The monoisotopic (exact) mass is 339 g/mol. The smallest absolute Gasteiger partial charge is 0.307 e. The van der Waals surface area contributed by atoms with Crippen LogP contribution in [0.2, 0.25) is 5.02 Å². The van der Waals surface area contributed by atoms with Gasteiger partial charge in [0.25, 0.3) is 5.91 Å². The van der Waals surface area contributed by atoms with E-state index < -0.39 is 0 Å². The molecule has 1 aliphatic rings. The second kappa shape index (κ2) is 8.89. The average Bonchev–Trinajstić information content (AvgIpc) is 3.04. The zero-order chi connectivity index (χ0) is 16.7. The zero-order valence-electron chi connectivity index (χ0n) is 13.3. The third-order valence-corrected chi connectivity index (χ3v) is 4.06. The number of halogens is 1. The van der Waals surface area contributed by atoms with Crippen LogP contribution in [0.4, 0.5) is 0 Å². The Morgan fingerprint density at radius 3 is 2.83 bits per heavy atom. The third-order valence-electron chi connectivity index (χ3n) is 3.73. The van der Waals surface area contributed by atoms with Gasteiger partial charge in [-0.3, -0.25) is 9.59 Å². The summed E-state index contributed by atoms with van der Waals surface area (Å²) < 4.78 is 10.5. The predicted octanol–water partition coefficient (Wildman–Crippen LogP) is 2.91. The van der Waals surface area contributed by atoms with Gasteiger partial charge in [-0.25, -0.2) is 0 Å². The SMILES string of the molecule is CCOC(=O)CCN(CC1CCCO1)C(=O)c1ccccc1Cl. The van der Waals surface area contributed by atoms with Crippen molar-refractivity contribution >= 4 is 23.5 Å². The van der Waals surface area contributed by atoms with E-state index in [9.17, 15) is 9.59 Å². The Hall–Kier alpha value is -1.59. The maximum atomic E-state index is 12.8. The molecule has 0 bridgehead atoms. The van der Waals surface area contributed by atoms with Crippen molar-refractivity contribution in [2.24, 2.45) is 0 Å². The lowest BCUT2D eigenvalue weighted by atomic mass is 10.1. The Morgan fingerprint density at radius 1 is 1.39 bits per heavy atom.